The Morgan fingerprint density at radius 1 is 0.613 bits per heavy atom. The Morgan fingerprint density at radius 3 is 1.58 bits per heavy atom. The van der Waals surface area contributed by atoms with Crippen LogP contribution in [0.25, 0.3) is 0 Å². The van der Waals surface area contributed by atoms with Crippen LogP contribution in [-0.4, -0.2) is 12.1 Å². The third-order valence-corrected chi connectivity index (χ3v) is 9.27. The van der Waals surface area contributed by atoms with Gasteiger partial charge in [-0.1, -0.05) is 96.8 Å². The van der Waals surface area contributed by atoms with Crippen molar-refractivity contribution in [1.29, 1.82) is 0 Å². The van der Waals surface area contributed by atoms with Gasteiger partial charge in [-0.2, -0.15) is 0 Å². The van der Waals surface area contributed by atoms with E-state index in [4.69, 9.17) is 4.74 Å². The van der Waals surface area contributed by atoms with Gasteiger partial charge in [-0.15, -0.1) is 0 Å². The monoisotopic (exact) mass is 432 g/mol. The van der Waals surface area contributed by atoms with Crippen LogP contribution >= 0.6 is 0 Å². The molecule has 0 radical (unpaired) electrons. The van der Waals surface area contributed by atoms with Crippen LogP contribution in [0.5, 0.6) is 0 Å². The second-order valence-corrected chi connectivity index (χ2v) is 11.6. The fourth-order valence-electron chi connectivity index (χ4n) is 7.18. The predicted molar refractivity (Wildman–Crippen MR) is 131 cm³/mol. The number of rotatable bonds is 11. The molecular formula is C29H52O2. The molecule has 0 unspecified atom stereocenters. The fraction of sp³-hybridized carbons (Fsp3) is 0.966. The number of hydrogen-bond acceptors (Lipinski definition) is 2. The van der Waals surface area contributed by atoms with Gasteiger partial charge in [-0.3, -0.25) is 4.79 Å². The Kier molecular flexibility index (Phi) is 11.2. The number of ether oxygens (including phenoxy) is 1. The Morgan fingerprint density at radius 2 is 1.06 bits per heavy atom. The number of hydrogen-bond donors (Lipinski definition) is 0. The van der Waals surface area contributed by atoms with Gasteiger partial charge in [0.1, 0.15) is 6.10 Å². The van der Waals surface area contributed by atoms with Crippen molar-refractivity contribution in [2.45, 2.75) is 148 Å². The molecule has 0 heterocycles. The maximum Gasteiger partial charge on any atom is 0.302 e. The first-order valence-electron chi connectivity index (χ1n) is 14.3. The summed E-state index contributed by atoms with van der Waals surface area (Å²) in [7, 11) is 0. The maximum atomic E-state index is 11.2. The molecule has 0 spiro atoms. The van der Waals surface area contributed by atoms with E-state index in [-0.39, 0.29) is 12.1 Å². The lowest BCUT2D eigenvalue weighted by Crippen LogP contribution is -2.29. The quantitative estimate of drug-likeness (QED) is 0.241. The molecule has 0 aromatic heterocycles. The van der Waals surface area contributed by atoms with Crippen LogP contribution in [0, 0.1) is 29.6 Å². The third kappa shape index (κ3) is 9.09. The molecule has 3 fully saturated rings. The molecule has 31 heavy (non-hydrogen) atoms. The lowest BCUT2D eigenvalue weighted by molar-refractivity contribution is -0.148. The van der Waals surface area contributed by atoms with Crippen LogP contribution in [-0.2, 0) is 9.53 Å². The van der Waals surface area contributed by atoms with Crippen LogP contribution in [0.2, 0.25) is 0 Å². The van der Waals surface area contributed by atoms with Crippen molar-refractivity contribution < 1.29 is 9.53 Å². The minimum absolute atomic E-state index is 0.0974. The van der Waals surface area contributed by atoms with Crippen molar-refractivity contribution >= 4 is 5.97 Å². The summed E-state index contributed by atoms with van der Waals surface area (Å²) >= 11 is 0. The van der Waals surface area contributed by atoms with Crippen LogP contribution in [0.4, 0.5) is 0 Å². The first-order valence-corrected chi connectivity index (χ1v) is 14.3. The fourth-order valence-corrected chi connectivity index (χ4v) is 7.18. The molecule has 0 N–H and O–H groups in total. The van der Waals surface area contributed by atoms with Gasteiger partial charge < -0.3 is 4.74 Å². The Hall–Kier alpha value is -0.530. The van der Waals surface area contributed by atoms with E-state index >= 15 is 0 Å². The summed E-state index contributed by atoms with van der Waals surface area (Å²) in [6.07, 6.45) is 28.8. The molecule has 2 heteroatoms. The zero-order valence-corrected chi connectivity index (χ0v) is 20.9. The average molecular weight is 433 g/mol. The van der Waals surface area contributed by atoms with E-state index in [0.717, 1.165) is 42.4 Å². The zero-order chi connectivity index (χ0) is 21.9. The maximum absolute atomic E-state index is 11.2. The molecule has 0 aromatic carbocycles. The molecule has 3 aliphatic carbocycles. The first-order chi connectivity index (χ1) is 15.1. The molecule has 3 saturated carbocycles. The van der Waals surface area contributed by atoms with Gasteiger partial charge in [0.05, 0.1) is 0 Å². The topological polar surface area (TPSA) is 26.3 Å². The van der Waals surface area contributed by atoms with E-state index in [1.54, 1.807) is 6.92 Å². The van der Waals surface area contributed by atoms with Crippen molar-refractivity contribution in [3.05, 3.63) is 0 Å². The summed E-state index contributed by atoms with van der Waals surface area (Å²) in [4.78, 5) is 11.2. The van der Waals surface area contributed by atoms with E-state index in [2.05, 4.69) is 6.92 Å². The van der Waals surface area contributed by atoms with Gasteiger partial charge in [0.15, 0.2) is 0 Å². The predicted octanol–water partition coefficient (Wildman–Crippen LogP) is 8.86. The molecular weight excluding hydrogens is 380 g/mol. The summed E-state index contributed by atoms with van der Waals surface area (Å²) in [5, 5.41) is 0. The minimum atomic E-state index is -0.0974. The van der Waals surface area contributed by atoms with Crippen LogP contribution in [0.15, 0.2) is 0 Å². The molecule has 180 valence electrons. The van der Waals surface area contributed by atoms with Gasteiger partial charge in [-0.25, -0.2) is 0 Å². The van der Waals surface area contributed by atoms with Crippen molar-refractivity contribution in [1.82, 2.24) is 0 Å². The number of carbonyl (C=O) groups excluding carboxylic acids is 1. The van der Waals surface area contributed by atoms with Gasteiger partial charge in [0, 0.05) is 6.92 Å². The second kappa shape index (κ2) is 13.9. The standard InChI is InChI=1S/C29H52O2/c1-3-4-5-6-7-8-24-9-11-25(12-10-24)13-14-26-15-17-27(18-16-26)28-19-21-29(22-20-28)31-23(2)30/h24-29H,3-22H2,1-2H3/t24-,25-,26?,27?,28?,29?. The van der Waals surface area contributed by atoms with Crippen molar-refractivity contribution in [3.8, 4) is 0 Å². The van der Waals surface area contributed by atoms with Crippen LogP contribution in [0.3, 0.4) is 0 Å². The SMILES string of the molecule is CCCCCCC[C@H]1CC[C@H](CCC2CCC(C3CCC(OC(C)=O)CC3)CC2)CC1. The molecule has 0 bridgehead atoms. The van der Waals surface area contributed by atoms with Crippen molar-refractivity contribution in [3.63, 3.8) is 0 Å². The van der Waals surface area contributed by atoms with Gasteiger partial charge in [0.25, 0.3) is 0 Å². The highest BCUT2D eigenvalue weighted by Crippen LogP contribution is 2.42. The highest BCUT2D eigenvalue weighted by Gasteiger charge is 2.32. The van der Waals surface area contributed by atoms with Crippen molar-refractivity contribution in [2.24, 2.45) is 29.6 Å². The normalized spacial score (nSPS) is 34.4. The summed E-state index contributed by atoms with van der Waals surface area (Å²) in [5.74, 6) is 4.90. The highest BCUT2D eigenvalue weighted by molar-refractivity contribution is 5.66. The van der Waals surface area contributed by atoms with Gasteiger partial charge >= 0.3 is 5.97 Å². The smallest absolute Gasteiger partial charge is 0.302 e. The summed E-state index contributed by atoms with van der Waals surface area (Å²) in [5.41, 5.74) is 0. The molecule has 0 saturated heterocycles. The van der Waals surface area contributed by atoms with E-state index < -0.39 is 0 Å². The summed E-state index contributed by atoms with van der Waals surface area (Å²) in [6, 6.07) is 0. The lowest BCUT2D eigenvalue weighted by atomic mass is 9.69. The van der Waals surface area contributed by atoms with E-state index in [0.29, 0.717) is 0 Å². The highest BCUT2D eigenvalue weighted by atomic mass is 16.5. The molecule has 3 aliphatic rings. The second-order valence-electron chi connectivity index (χ2n) is 11.6. The summed E-state index contributed by atoms with van der Waals surface area (Å²) < 4.78 is 5.43. The summed E-state index contributed by atoms with van der Waals surface area (Å²) in [6.45, 7) is 3.86. The molecule has 0 amide bonds. The van der Waals surface area contributed by atoms with Crippen molar-refractivity contribution in [2.75, 3.05) is 0 Å². The number of esters is 1. The Balaban J connectivity index is 1.22. The Bertz CT molecular complexity index is 477. The number of unbranched alkanes of at least 4 members (excludes halogenated alkanes) is 4. The van der Waals surface area contributed by atoms with Crippen LogP contribution < -0.4 is 0 Å². The van der Waals surface area contributed by atoms with Crippen LogP contribution in [0.1, 0.15) is 142 Å². The van der Waals surface area contributed by atoms with E-state index in [9.17, 15) is 4.79 Å². The Labute approximate surface area is 193 Å². The third-order valence-electron chi connectivity index (χ3n) is 9.27. The average Bonchev–Trinajstić information content (AvgIpc) is 2.79. The molecule has 0 aliphatic heterocycles. The minimum Gasteiger partial charge on any atom is -0.463 e. The largest absolute Gasteiger partial charge is 0.463 e. The van der Waals surface area contributed by atoms with Gasteiger partial charge in [0.2, 0.25) is 0 Å². The van der Waals surface area contributed by atoms with Gasteiger partial charge in [-0.05, 0) is 68.1 Å². The molecule has 0 aromatic rings. The zero-order valence-electron chi connectivity index (χ0n) is 20.9. The first kappa shape index (κ1) is 25.1. The number of carbonyl (C=O) groups is 1. The lowest BCUT2D eigenvalue weighted by Gasteiger charge is -2.38. The van der Waals surface area contributed by atoms with E-state index in [1.807, 2.05) is 0 Å². The van der Waals surface area contributed by atoms with E-state index in [1.165, 1.54) is 116 Å². The molecule has 2 nitrogen and oxygen atoms in total. The molecule has 0 atom stereocenters. The molecule has 3 rings (SSSR count).